The molecule has 0 radical (unpaired) electrons. The molecule has 40 heavy (non-hydrogen) atoms. The lowest BCUT2D eigenvalue weighted by atomic mass is 10.0. The van der Waals surface area contributed by atoms with E-state index in [1.165, 1.54) is 13.2 Å². The van der Waals surface area contributed by atoms with Gasteiger partial charge >= 0.3 is 5.97 Å². The van der Waals surface area contributed by atoms with Crippen molar-refractivity contribution in [3.8, 4) is 34.1 Å². The van der Waals surface area contributed by atoms with Gasteiger partial charge in [-0.2, -0.15) is 5.10 Å². The number of aromatic amines is 3. The number of aromatic nitrogens is 5. The number of imidazole rings is 1. The van der Waals surface area contributed by atoms with E-state index in [0.717, 1.165) is 27.8 Å². The standard InChI is InChI=1S/C31H26FN5O3/c1-39-28(38)9-8-19-4-2-5-20(14-19)15-22-18-34-31(36-22)21-6-3-7-23(16-21)40-30-25(32)17-27-24(10-12-33-27)29(30)26-11-13-35-37-26/h2-7,10-14,16-18,33H,8-9,15H2,1H3,(H,34,36)(H,35,37). The molecule has 6 aromatic rings. The highest BCUT2D eigenvalue weighted by Gasteiger charge is 2.20. The first-order valence-electron chi connectivity index (χ1n) is 12.8. The number of nitrogens with zero attached hydrogens (tertiary/aromatic N) is 2. The first-order valence-corrected chi connectivity index (χ1v) is 12.8. The van der Waals surface area contributed by atoms with Crippen molar-refractivity contribution in [1.29, 1.82) is 0 Å². The second-order valence-corrected chi connectivity index (χ2v) is 9.43. The predicted molar refractivity (Wildman–Crippen MR) is 150 cm³/mol. The summed E-state index contributed by atoms with van der Waals surface area (Å²) in [6.45, 7) is 0. The molecule has 0 atom stereocenters. The number of nitrogens with one attached hydrogen (secondary N) is 3. The Morgan fingerprint density at radius 1 is 1.02 bits per heavy atom. The molecular weight excluding hydrogens is 509 g/mol. The summed E-state index contributed by atoms with van der Waals surface area (Å²) in [4.78, 5) is 22.5. The summed E-state index contributed by atoms with van der Waals surface area (Å²) in [7, 11) is 1.40. The van der Waals surface area contributed by atoms with Gasteiger partial charge in [0.05, 0.1) is 18.4 Å². The van der Waals surface area contributed by atoms with Gasteiger partial charge in [0, 0.05) is 59.7 Å². The molecule has 0 spiro atoms. The van der Waals surface area contributed by atoms with Crippen molar-refractivity contribution in [2.24, 2.45) is 0 Å². The molecule has 0 fully saturated rings. The Morgan fingerprint density at radius 2 is 1.90 bits per heavy atom. The van der Waals surface area contributed by atoms with Gasteiger partial charge in [-0.25, -0.2) is 9.37 Å². The summed E-state index contributed by atoms with van der Waals surface area (Å²) in [5.41, 5.74) is 5.84. The number of hydrogen-bond donors (Lipinski definition) is 3. The smallest absolute Gasteiger partial charge is 0.305 e. The highest BCUT2D eigenvalue weighted by Crippen LogP contribution is 2.40. The summed E-state index contributed by atoms with van der Waals surface area (Å²) < 4.78 is 26.2. The largest absolute Gasteiger partial charge is 0.469 e. The van der Waals surface area contributed by atoms with Crippen LogP contribution in [-0.2, 0) is 22.4 Å². The van der Waals surface area contributed by atoms with Gasteiger partial charge < -0.3 is 19.4 Å². The maximum absolute atomic E-state index is 15.3. The fraction of sp³-hybridized carbons (Fsp3) is 0.129. The van der Waals surface area contributed by atoms with Gasteiger partial charge in [-0.3, -0.25) is 9.89 Å². The Bertz CT molecular complexity index is 1790. The number of methoxy groups -OCH3 is 1. The van der Waals surface area contributed by atoms with E-state index in [1.807, 2.05) is 42.5 Å². The first-order chi connectivity index (χ1) is 19.6. The summed E-state index contributed by atoms with van der Waals surface area (Å²) in [5, 5.41) is 7.78. The highest BCUT2D eigenvalue weighted by molar-refractivity contribution is 5.97. The quantitative estimate of drug-likeness (QED) is 0.181. The summed E-state index contributed by atoms with van der Waals surface area (Å²) in [6, 6.07) is 20.6. The lowest BCUT2D eigenvalue weighted by Crippen LogP contribution is -2.02. The summed E-state index contributed by atoms with van der Waals surface area (Å²) in [5.74, 6) is 0.556. The average Bonchev–Trinajstić information content (AvgIpc) is 3.75. The second-order valence-electron chi connectivity index (χ2n) is 9.43. The van der Waals surface area contributed by atoms with Crippen molar-refractivity contribution in [2.75, 3.05) is 7.11 Å². The molecule has 3 aromatic heterocycles. The number of halogens is 1. The average molecular weight is 536 g/mol. The van der Waals surface area contributed by atoms with Crippen LogP contribution in [0, 0.1) is 5.82 Å². The van der Waals surface area contributed by atoms with Crippen molar-refractivity contribution in [2.45, 2.75) is 19.3 Å². The van der Waals surface area contributed by atoms with Crippen molar-refractivity contribution in [1.82, 2.24) is 25.1 Å². The van der Waals surface area contributed by atoms with Gasteiger partial charge in [0.25, 0.3) is 0 Å². The predicted octanol–water partition coefficient (Wildman–Crippen LogP) is 6.58. The topological polar surface area (TPSA) is 109 Å². The minimum atomic E-state index is -0.487. The number of ether oxygens (including phenoxy) is 2. The number of aryl methyl sites for hydroxylation is 1. The zero-order valence-electron chi connectivity index (χ0n) is 21.7. The lowest BCUT2D eigenvalue weighted by Gasteiger charge is -2.13. The fourth-order valence-electron chi connectivity index (χ4n) is 4.80. The summed E-state index contributed by atoms with van der Waals surface area (Å²) >= 11 is 0. The third kappa shape index (κ3) is 5.22. The number of rotatable bonds is 9. The van der Waals surface area contributed by atoms with E-state index < -0.39 is 5.82 Å². The number of esters is 1. The highest BCUT2D eigenvalue weighted by atomic mass is 19.1. The Balaban J connectivity index is 1.23. The third-order valence-electron chi connectivity index (χ3n) is 6.72. The van der Waals surface area contributed by atoms with Gasteiger partial charge in [0.2, 0.25) is 0 Å². The number of fused-ring (bicyclic) bond motifs is 1. The monoisotopic (exact) mass is 535 g/mol. The van der Waals surface area contributed by atoms with Crippen LogP contribution in [0.25, 0.3) is 33.5 Å². The normalized spacial score (nSPS) is 11.2. The molecule has 0 saturated heterocycles. The molecule has 6 rings (SSSR count). The first kappa shape index (κ1) is 25.1. The van der Waals surface area contributed by atoms with Crippen LogP contribution in [0.2, 0.25) is 0 Å². The molecule has 3 aromatic carbocycles. The van der Waals surface area contributed by atoms with Gasteiger partial charge in [-0.05, 0) is 41.8 Å². The van der Waals surface area contributed by atoms with Crippen molar-refractivity contribution >= 4 is 16.9 Å². The van der Waals surface area contributed by atoms with E-state index in [0.29, 0.717) is 47.6 Å². The maximum atomic E-state index is 15.3. The number of carbonyl (C=O) groups excluding carboxylic acids is 1. The van der Waals surface area contributed by atoms with E-state index in [-0.39, 0.29) is 11.7 Å². The van der Waals surface area contributed by atoms with Crippen LogP contribution in [0.15, 0.2) is 85.3 Å². The molecule has 0 amide bonds. The third-order valence-corrected chi connectivity index (χ3v) is 6.72. The van der Waals surface area contributed by atoms with Crippen LogP contribution in [0.4, 0.5) is 4.39 Å². The SMILES string of the molecule is COC(=O)CCc1cccc(Cc2cnc(-c3cccc(Oc4c(F)cc5[nH]ccc5c4-c4ccn[nH]4)c3)[nH]2)c1. The van der Waals surface area contributed by atoms with Gasteiger partial charge in [0.15, 0.2) is 11.6 Å². The van der Waals surface area contributed by atoms with Crippen LogP contribution in [0.1, 0.15) is 23.2 Å². The molecule has 3 heterocycles. The maximum Gasteiger partial charge on any atom is 0.305 e. The zero-order chi connectivity index (χ0) is 27.5. The molecule has 0 bridgehead atoms. The van der Waals surface area contributed by atoms with Crippen molar-refractivity contribution in [3.05, 3.63) is 108 Å². The molecular formula is C31H26FN5O3. The zero-order valence-corrected chi connectivity index (χ0v) is 21.7. The summed E-state index contributed by atoms with van der Waals surface area (Å²) in [6.07, 6.45) is 6.82. The minimum absolute atomic E-state index is 0.112. The Hall–Kier alpha value is -5.18. The van der Waals surface area contributed by atoms with E-state index in [4.69, 9.17) is 9.47 Å². The van der Waals surface area contributed by atoms with Crippen LogP contribution in [-0.4, -0.2) is 38.2 Å². The Kier molecular flexibility index (Phi) is 6.84. The Labute approximate surface area is 229 Å². The molecule has 200 valence electrons. The van der Waals surface area contributed by atoms with Gasteiger partial charge in [0.1, 0.15) is 11.6 Å². The van der Waals surface area contributed by atoms with Crippen LogP contribution in [0.5, 0.6) is 11.5 Å². The molecule has 0 aliphatic rings. The van der Waals surface area contributed by atoms with Crippen molar-refractivity contribution in [3.63, 3.8) is 0 Å². The molecule has 0 aliphatic carbocycles. The van der Waals surface area contributed by atoms with Crippen molar-refractivity contribution < 1.29 is 18.7 Å². The molecule has 9 heteroatoms. The molecule has 0 unspecified atom stereocenters. The number of benzene rings is 3. The van der Waals surface area contributed by atoms with Crippen LogP contribution >= 0.6 is 0 Å². The fourth-order valence-corrected chi connectivity index (χ4v) is 4.80. The number of H-pyrrole nitrogens is 3. The van der Waals surface area contributed by atoms with E-state index in [1.54, 1.807) is 30.7 Å². The van der Waals surface area contributed by atoms with Crippen LogP contribution in [0.3, 0.4) is 0 Å². The van der Waals surface area contributed by atoms with E-state index >= 15 is 4.39 Å². The number of hydrogen-bond acceptors (Lipinski definition) is 5. The number of carbonyl (C=O) groups is 1. The lowest BCUT2D eigenvalue weighted by molar-refractivity contribution is -0.140. The molecule has 3 N–H and O–H groups in total. The van der Waals surface area contributed by atoms with Gasteiger partial charge in [-0.1, -0.05) is 36.4 Å². The van der Waals surface area contributed by atoms with E-state index in [2.05, 4.69) is 31.2 Å². The minimum Gasteiger partial charge on any atom is -0.469 e. The van der Waals surface area contributed by atoms with Gasteiger partial charge in [-0.15, -0.1) is 0 Å². The molecule has 0 saturated carbocycles. The van der Waals surface area contributed by atoms with E-state index in [9.17, 15) is 4.79 Å². The second kappa shape index (κ2) is 10.9. The molecule has 8 nitrogen and oxygen atoms in total. The van der Waals surface area contributed by atoms with Crippen LogP contribution < -0.4 is 4.74 Å². The Morgan fingerprint density at radius 3 is 2.75 bits per heavy atom. The molecule has 0 aliphatic heterocycles.